The molecule has 4 heteroatoms. The van der Waals surface area contributed by atoms with Gasteiger partial charge in [-0.3, -0.25) is 4.79 Å². The molecular formula is C7H9NO2S. The highest BCUT2D eigenvalue weighted by atomic mass is 32.1. The summed E-state index contributed by atoms with van der Waals surface area (Å²) < 4.78 is 4.74. The van der Waals surface area contributed by atoms with Crippen LogP contribution in [-0.2, 0) is 0 Å². The minimum atomic E-state index is -0.118. The van der Waals surface area contributed by atoms with Crippen molar-refractivity contribution in [1.82, 2.24) is 5.32 Å². The SMILES string of the molecule is O=C(NCCS)c1ccoc1. The Kier molecular flexibility index (Phi) is 3.04. The number of furan rings is 1. The summed E-state index contributed by atoms with van der Waals surface area (Å²) >= 11 is 3.95. The van der Waals surface area contributed by atoms with Crippen molar-refractivity contribution < 1.29 is 9.21 Å². The molecule has 0 bridgehead atoms. The zero-order valence-electron chi connectivity index (χ0n) is 5.91. The average Bonchev–Trinajstić information content (AvgIpc) is 2.52. The molecule has 1 aromatic rings. The summed E-state index contributed by atoms with van der Waals surface area (Å²) in [7, 11) is 0. The van der Waals surface area contributed by atoms with Crippen molar-refractivity contribution in [3.05, 3.63) is 24.2 Å². The van der Waals surface area contributed by atoms with Crippen molar-refractivity contribution in [3.8, 4) is 0 Å². The lowest BCUT2D eigenvalue weighted by atomic mass is 10.3. The fourth-order valence-electron chi connectivity index (χ4n) is 0.665. The quantitative estimate of drug-likeness (QED) is 0.664. The summed E-state index contributed by atoms with van der Waals surface area (Å²) in [4.78, 5) is 11.1. The van der Waals surface area contributed by atoms with Crippen LogP contribution in [0.15, 0.2) is 23.0 Å². The Balaban J connectivity index is 2.43. The topological polar surface area (TPSA) is 42.2 Å². The Hall–Kier alpha value is -0.900. The van der Waals surface area contributed by atoms with Crippen molar-refractivity contribution >= 4 is 18.5 Å². The maximum Gasteiger partial charge on any atom is 0.254 e. The second-order valence-corrected chi connectivity index (χ2v) is 2.44. The van der Waals surface area contributed by atoms with E-state index in [9.17, 15) is 4.79 Å². The standard InChI is InChI=1S/C7H9NO2S/c9-7(8-2-4-11)6-1-3-10-5-6/h1,3,5,11H,2,4H2,(H,8,9). The van der Waals surface area contributed by atoms with Crippen molar-refractivity contribution in [2.75, 3.05) is 12.3 Å². The molecule has 60 valence electrons. The van der Waals surface area contributed by atoms with Gasteiger partial charge in [-0.25, -0.2) is 0 Å². The number of nitrogens with one attached hydrogen (secondary N) is 1. The number of carbonyl (C=O) groups excluding carboxylic acids is 1. The summed E-state index contributed by atoms with van der Waals surface area (Å²) in [5, 5.41) is 2.66. The first-order valence-corrected chi connectivity index (χ1v) is 3.89. The maximum atomic E-state index is 11.1. The third-order valence-electron chi connectivity index (χ3n) is 1.18. The number of hydrogen-bond acceptors (Lipinski definition) is 3. The van der Waals surface area contributed by atoms with E-state index in [1.807, 2.05) is 0 Å². The van der Waals surface area contributed by atoms with E-state index < -0.39 is 0 Å². The minimum Gasteiger partial charge on any atom is -0.472 e. The van der Waals surface area contributed by atoms with Gasteiger partial charge in [-0.15, -0.1) is 0 Å². The van der Waals surface area contributed by atoms with Gasteiger partial charge in [-0.2, -0.15) is 12.6 Å². The molecule has 1 heterocycles. The van der Waals surface area contributed by atoms with E-state index in [1.165, 1.54) is 12.5 Å². The normalized spacial score (nSPS) is 9.55. The first kappa shape index (κ1) is 8.20. The molecule has 1 amide bonds. The van der Waals surface area contributed by atoms with Crippen molar-refractivity contribution in [1.29, 1.82) is 0 Å². The number of amides is 1. The second-order valence-electron chi connectivity index (χ2n) is 1.99. The summed E-state index contributed by atoms with van der Waals surface area (Å²) in [6.45, 7) is 0.577. The van der Waals surface area contributed by atoms with Gasteiger partial charge >= 0.3 is 0 Å². The molecular weight excluding hydrogens is 162 g/mol. The van der Waals surface area contributed by atoms with Crippen LogP contribution in [0.2, 0.25) is 0 Å². The molecule has 0 saturated carbocycles. The molecule has 0 radical (unpaired) electrons. The summed E-state index contributed by atoms with van der Waals surface area (Å²) in [5.41, 5.74) is 0.548. The van der Waals surface area contributed by atoms with E-state index in [1.54, 1.807) is 6.07 Å². The Bertz CT molecular complexity index is 220. The van der Waals surface area contributed by atoms with Gasteiger partial charge in [-0.05, 0) is 6.07 Å². The van der Waals surface area contributed by atoms with E-state index in [-0.39, 0.29) is 5.91 Å². The Morgan fingerprint density at radius 3 is 3.09 bits per heavy atom. The lowest BCUT2D eigenvalue weighted by Crippen LogP contribution is -2.24. The van der Waals surface area contributed by atoms with E-state index >= 15 is 0 Å². The first-order valence-electron chi connectivity index (χ1n) is 3.26. The molecule has 0 aliphatic heterocycles. The third kappa shape index (κ3) is 2.31. The van der Waals surface area contributed by atoms with E-state index in [4.69, 9.17) is 4.42 Å². The van der Waals surface area contributed by atoms with Gasteiger partial charge in [0.15, 0.2) is 0 Å². The van der Waals surface area contributed by atoms with Crippen LogP contribution in [0.1, 0.15) is 10.4 Å². The van der Waals surface area contributed by atoms with Crippen LogP contribution < -0.4 is 5.32 Å². The molecule has 0 saturated heterocycles. The largest absolute Gasteiger partial charge is 0.472 e. The second kappa shape index (κ2) is 4.08. The zero-order chi connectivity index (χ0) is 8.10. The van der Waals surface area contributed by atoms with Crippen molar-refractivity contribution in [3.63, 3.8) is 0 Å². The van der Waals surface area contributed by atoms with Crippen LogP contribution in [0, 0.1) is 0 Å². The predicted octanol–water partition coefficient (Wildman–Crippen LogP) is 0.939. The van der Waals surface area contributed by atoms with Gasteiger partial charge in [-0.1, -0.05) is 0 Å². The van der Waals surface area contributed by atoms with Crippen LogP contribution in [0.5, 0.6) is 0 Å². The number of hydrogen-bond donors (Lipinski definition) is 2. The minimum absolute atomic E-state index is 0.118. The van der Waals surface area contributed by atoms with Crippen LogP contribution in [0.4, 0.5) is 0 Å². The molecule has 0 unspecified atom stereocenters. The van der Waals surface area contributed by atoms with Crippen LogP contribution in [0.25, 0.3) is 0 Å². The Morgan fingerprint density at radius 2 is 2.55 bits per heavy atom. The molecule has 0 fully saturated rings. The van der Waals surface area contributed by atoms with Crippen molar-refractivity contribution in [2.45, 2.75) is 0 Å². The molecule has 0 spiro atoms. The van der Waals surface area contributed by atoms with Gasteiger partial charge in [0.2, 0.25) is 0 Å². The predicted molar refractivity (Wildman–Crippen MR) is 44.9 cm³/mol. The molecule has 0 aliphatic carbocycles. The third-order valence-corrected chi connectivity index (χ3v) is 1.40. The lowest BCUT2D eigenvalue weighted by molar-refractivity contribution is 0.0955. The molecule has 0 aliphatic rings. The van der Waals surface area contributed by atoms with Crippen LogP contribution >= 0.6 is 12.6 Å². The molecule has 0 aromatic carbocycles. The highest BCUT2D eigenvalue weighted by molar-refractivity contribution is 7.80. The molecule has 11 heavy (non-hydrogen) atoms. The number of carbonyl (C=O) groups is 1. The van der Waals surface area contributed by atoms with Gasteiger partial charge in [0.05, 0.1) is 11.8 Å². The van der Waals surface area contributed by atoms with Crippen LogP contribution in [-0.4, -0.2) is 18.2 Å². The molecule has 1 rings (SSSR count). The highest BCUT2D eigenvalue weighted by Crippen LogP contribution is 1.98. The molecule has 1 aromatic heterocycles. The lowest BCUT2D eigenvalue weighted by Gasteiger charge is -1.98. The first-order chi connectivity index (χ1) is 5.34. The van der Waals surface area contributed by atoms with Crippen molar-refractivity contribution in [2.24, 2.45) is 0 Å². The van der Waals surface area contributed by atoms with Gasteiger partial charge in [0, 0.05) is 12.3 Å². The Morgan fingerprint density at radius 1 is 1.73 bits per heavy atom. The van der Waals surface area contributed by atoms with Crippen LogP contribution in [0.3, 0.4) is 0 Å². The van der Waals surface area contributed by atoms with Gasteiger partial charge in [0.25, 0.3) is 5.91 Å². The smallest absolute Gasteiger partial charge is 0.254 e. The Labute approximate surface area is 70.2 Å². The van der Waals surface area contributed by atoms with Gasteiger partial charge in [0.1, 0.15) is 6.26 Å². The monoisotopic (exact) mass is 171 g/mol. The zero-order valence-corrected chi connectivity index (χ0v) is 6.80. The average molecular weight is 171 g/mol. The molecule has 3 nitrogen and oxygen atoms in total. The summed E-state index contributed by atoms with van der Waals surface area (Å²) in [6, 6.07) is 1.62. The van der Waals surface area contributed by atoms with E-state index in [2.05, 4.69) is 17.9 Å². The molecule has 1 N–H and O–H groups in total. The highest BCUT2D eigenvalue weighted by Gasteiger charge is 2.03. The van der Waals surface area contributed by atoms with E-state index in [0.717, 1.165) is 0 Å². The number of rotatable bonds is 3. The van der Waals surface area contributed by atoms with E-state index in [0.29, 0.717) is 17.9 Å². The fourth-order valence-corrected chi connectivity index (χ4v) is 0.777. The fraction of sp³-hybridized carbons (Fsp3) is 0.286. The molecule has 0 atom stereocenters. The van der Waals surface area contributed by atoms with Gasteiger partial charge < -0.3 is 9.73 Å². The number of thiol groups is 1. The summed E-state index contributed by atoms with van der Waals surface area (Å²) in [5.74, 6) is 0.525. The maximum absolute atomic E-state index is 11.1. The summed E-state index contributed by atoms with van der Waals surface area (Å²) in [6.07, 6.45) is 2.88.